The Labute approximate surface area is 192 Å². The second kappa shape index (κ2) is 10.2. The summed E-state index contributed by atoms with van der Waals surface area (Å²) in [6.45, 7) is 2.91. The van der Waals surface area contributed by atoms with Crippen molar-refractivity contribution in [3.63, 3.8) is 0 Å². The number of amides is 1. The number of fused-ring (bicyclic) bond motifs is 1. The van der Waals surface area contributed by atoms with Crippen LogP contribution in [-0.4, -0.2) is 31.7 Å². The normalized spacial score (nSPS) is 18.7. The number of nitrogens with one attached hydrogen (secondary N) is 1. The van der Waals surface area contributed by atoms with Crippen molar-refractivity contribution in [3.8, 4) is 0 Å². The molecule has 1 atom stereocenters. The third-order valence-corrected chi connectivity index (χ3v) is 8.76. The van der Waals surface area contributed by atoms with Crippen LogP contribution in [0.4, 0.5) is 0 Å². The van der Waals surface area contributed by atoms with Gasteiger partial charge in [0, 0.05) is 19.0 Å². The maximum atomic E-state index is 13.0. The monoisotopic (exact) mass is 454 g/mol. The number of carbonyl (C=O) groups is 1. The predicted octanol–water partition coefficient (Wildman–Crippen LogP) is 4.37. The molecule has 6 heteroatoms. The highest BCUT2D eigenvalue weighted by atomic mass is 32.2. The molecule has 1 aliphatic heterocycles. The summed E-state index contributed by atoms with van der Waals surface area (Å²) in [7, 11) is -3.36. The van der Waals surface area contributed by atoms with Gasteiger partial charge in [-0.25, -0.2) is 12.7 Å². The molecule has 0 bridgehead atoms. The van der Waals surface area contributed by atoms with Gasteiger partial charge in [0.05, 0.1) is 11.8 Å². The Morgan fingerprint density at radius 1 is 1.03 bits per heavy atom. The van der Waals surface area contributed by atoms with Gasteiger partial charge in [-0.3, -0.25) is 4.79 Å². The minimum atomic E-state index is -3.36. The molecular weight excluding hydrogens is 420 g/mol. The SMILES string of the molecule is CCC(NC(=O)C1CCN(S(=O)(=O)Cc2ccccc2)CC1)c1ccc2c(c1)CCCC2. The fourth-order valence-electron chi connectivity index (χ4n) is 4.95. The standard InChI is InChI=1S/C26H34N2O3S/c1-2-25(24-13-12-21-10-6-7-11-23(21)18-24)27-26(29)22-14-16-28(17-15-22)32(30,31)19-20-8-4-3-5-9-20/h3-5,8-9,12-13,18,22,25H,2,6-7,10-11,14-17,19H2,1H3,(H,27,29). The number of rotatable bonds is 7. The van der Waals surface area contributed by atoms with E-state index in [1.807, 2.05) is 30.3 Å². The fraction of sp³-hybridized carbons (Fsp3) is 0.500. The molecule has 1 heterocycles. The van der Waals surface area contributed by atoms with Gasteiger partial charge in [-0.2, -0.15) is 0 Å². The largest absolute Gasteiger partial charge is 0.349 e. The van der Waals surface area contributed by atoms with Gasteiger partial charge < -0.3 is 5.32 Å². The van der Waals surface area contributed by atoms with Crippen LogP contribution in [0.3, 0.4) is 0 Å². The van der Waals surface area contributed by atoms with E-state index in [2.05, 4.69) is 30.4 Å². The van der Waals surface area contributed by atoms with Gasteiger partial charge in [0.2, 0.25) is 15.9 Å². The van der Waals surface area contributed by atoms with Gasteiger partial charge in [-0.1, -0.05) is 55.5 Å². The Balaban J connectivity index is 1.33. The molecule has 1 fully saturated rings. The molecule has 2 aliphatic rings. The van der Waals surface area contributed by atoms with Crippen LogP contribution in [0.5, 0.6) is 0 Å². The van der Waals surface area contributed by atoms with E-state index in [4.69, 9.17) is 0 Å². The summed E-state index contributed by atoms with van der Waals surface area (Å²) in [5, 5.41) is 3.25. The molecule has 1 aliphatic carbocycles. The lowest BCUT2D eigenvalue weighted by molar-refractivity contribution is -0.126. The average molecular weight is 455 g/mol. The zero-order valence-corrected chi connectivity index (χ0v) is 19.7. The molecule has 0 saturated carbocycles. The Bertz CT molecular complexity index is 1030. The summed E-state index contributed by atoms with van der Waals surface area (Å²) in [6.07, 6.45) is 6.77. The van der Waals surface area contributed by atoms with Crippen LogP contribution < -0.4 is 5.32 Å². The molecule has 1 amide bonds. The number of benzene rings is 2. The number of nitrogens with zero attached hydrogens (tertiary/aromatic N) is 1. The van der Waals surface area contributed by atoms with Crippen molar-refractivity contribution in [1.82, 2.24) is 9.62 Å². The van der Waals surface area contributed by atoms with E-state index in [1.54, 1.807) is 4.31 Å². The van der Waals surface area contributed by atoms with E-state index in [9.17, 15) is 13.2 Å². The molecule has 1 saturated heterocycles. The first-order valence-electron chi connectivity index (χ1n) is 11.9. The Hall–Kier alpha value is -2.18. The van der Waals surface area contributed by atoms with E-state index in [0.29, 0.717) is 25.9 Å². The second-order valence-corrected chi connectivity index (χ2v) is 11.1. The molecule has 1 unspecified atom stereocenters. The van der Waals surface area contributed by atoms with E-state index >= 15 is 0 Å². The van der Waals surface area contributed by atoms with Crippen molar-refractivity contribution in [2.45, 2.75) is 63.7 Å². The average Bonchev–Trinajstić information content (AvgIpc) is 2.82. The third-order valence-electron chi connectivity index (χ3n) is 6.91. The first-order valence-corrected chi connectivity index (χ1v) is 13.5. The predicted molar refractivity (Wildman–Crippen MR) is 128 cm³/mol. The number of carbonyl (C=O) groups excluding carboxylic acids is 1. The van der Waals surface area contributed by atoms with Gasteiger partial charge in [0.15, 0.2) is 0 Å². The molecule has 0 radical (unpaired) electrons. The van der Waals surface area contributed by atoms with Crippen molar-refractivity contribution in [1.29, 1.82) is 0 Å². The van der Waals surface area contributed by atoms with Crippen LogP contribution in [0.25, 0.3) is 0 Å². The smallest absolute Gasteiger partial charge is 0.223 e. The summed E-state index contributed by atoms with van der Waals surface area (Å²) in [4.78, 5) is 13.0. The Kier molecular flexibility index (Phi) is 7.31. The van der Waals surface area contributed by atoms with E-state index < -0.39 is 10.0 Å². The van der Waals surface area contributed by atoms with E-state index in [0.717, 1.165) is 24.8 Å². The molecule has 0 spiro atoms. The summed E-state index contributed by atoms with van der Waals surface area (Å²) >= 11 is 0. The molecule has 0 aromatic heterocycles. The first kappa shape index (κ1) is 23.0. The number of hydrogen-bond acceptors (Lipinski definition) is 3. The minimum absolute atomic E-state index is 0.00886. The van der Waals surface area contributed by atoms with Crippen molar-refractivity contribution in [3.05, 3.63) is 70.8 Å². The highest BCUT2D eigenvalue weighted by molar-refractivity contribution is 7.88. The molecule has 5 nitrogen and oxygen atoms in total. The van der Waals surface area contributed by atoms with Gasteiger partial charge in [-0.15, -0.1) is 0 Å². The maximum absolute atomic E-state index is 13.0. The minimum Gasteiger partial charge on any atom is -0.349 e. The Morgan fingerprint density at radius 3 is 2.41 bits per heavy atom. The Morgan fingerprint density at radius 2 is 1.72 bits per heavy atom. The van der Waals surface area contributed by atoms with Crippen molar-refractivity contribution in [2.24, 2.45) is 5.92 Å². The van der Waals surface area contributed by atoms with Crippen molar-refractivity contribution < 1.29 is 13.2 Å². The lowest BCUT2D eigenvalue weighted by Gasteiger charge is -2.31. The van der Waals surface area contributed by atoms with Crippen LogP contribution in [0.2, 0.25) is 0 Å². The molecule has 32 heavy (non-hydrogen) atoms. The number of sulfonamides is 1. The highest BCUT2D eigenvalue weighted by Crippen LogP contribution is 2.27. The molecule has 172 valence electrons. The van der Waals surface area contributed by atoms with Gasteiger partial charge >= 0.3 is 0 Å². The van der Waals surface area contributed by atoms with Crippen molar-refractivity contribution in [2.75, 3.05) is 13.1 Å². The first-order chi connectivity index (χ1) is 15.5. The summed E-state index contributed by atoms with van der Waals surface area (Å²) in [6, 6.07) is 16.0. The second-order valence-electron chi connectivity index (χ2n) is 9.12. The zero-order valence-electron chi connectivity index (χ0n) is 18.9. The number of piperidine rings is 1. The molecular formula is C26H34N2O3S. The molecule has 2 aromatic carbocycles. The van der Waals surface area contributed by atoms with E-state index in [-0.39, 0.29) is 23.6 Å². The zero-order chi connectivity index (χ0) is 22.6. The molecule has 2 aromatic rings. The molecule has 1 N–H and O–H groups in total. The van der Waals surface area contributed by atoms with Crippen LogP contribution in [0.1, 0.15) is 67.3 Å². The summed E-state index contributed by atoms with van der Waals surface area (Å²) < 4.78 is 27.1. The van der Waals surface area contributed by atoms with Gasteiger partial charge in [0.1, 0.15) is 0 Å². The van der Waals surface area contributed by atoms with Crippen molar-refractivity contribution >= 4 is 15.9 Å². The van der Waals surface area contributed by atoms with Crippen LogP contribution in [-0.2, 0) is 33.4 Å². The van der Waals surface area contributed by atoms with Crippen LogP contribution >= 0.6 is 0 Å². The van der Waals surface area contributed by atoms with Gasteiger partial charge in [-0.05, 0) is 67.2 Å². The molecule has 4 rings (SSSR count). The third kappa shape index (κ3) is 5.41. The number of hydrogen-bond donors (Lipinski definition) is 1. The topological polar surface area (TPSA) is 66.5 Å². The van der Waals surface area contributed by atoms with Crippen LogP contribution in [0, 0.1) is 5.92 Å². The van der Waals surface area contributed by atoms with Crippen LogP contribution in [0.15, 0.2) is 48.5 Å². The van der Waals surface area contributed by atoms with E-state index in [1.165, 1.54) is 29.5 Å². The maximum Gasteiger partial charge on any atom is 0.223 e. The highest BCUT2D eigenvalue weighted by Gasteiger charge is 2.32. The number of aryl methyl sites for hydroxylation is 2. The fourth-order valence-corrected chi connectivity index (χ4v) is 6.52. The van der Waals surface area contributed by atoms with Gasteiger partial charge in [0.25, 0.3) is 0 Å². The quantitative estimate of drug-likeness (QED) is 0.675. The summed E-state index contributed by atoms with van der Waals surface area (Å²) in [5.74, 6) is -0.0689. The summed E-state index contributed by atoms with van der Waals surface area (Å²) in [5.41, 5.74) is 4.86. The lowest BCUT2D eigenvalue weighted by Crippen LogP contribution is -2.44. The lowest BCUT2D eigenvalue weighted by atomic mass is 9.88.